The Morgan fingerprint density at radius 1 is 0.970 bits per heavy atom. The van der Waals surface area contributed by atoms with Crippen LogP contribution in [0.5, 0.6) is 5.75 Å². The number of nitrogens with zero attached hydrogens (tertiary/aromatic N) is 1. The quantitative estimate of drug-likeness (QED) is 0.568. The topological polar surface area (TPSA) is 70.7 Å². The van der Waals surface area contributed by atoms with Gasteiger partial charge in [0.25, 0.3) is 0 Å². The van der Waals surface area contributed by atoms with E-state index < -0.39 is 6.61 Å². The molecular weight excluding hydrogens is 435 g/mol. The van der Waals surface area contributed by atoms with Crippen LogP contribution in [0.2, 0.25) is 0 Å². The molecule has 1 aliphatic heterocycles. The summed E-state index contributed by atoms with van der Waals surface area (Å²) in [4.78, 5) is 26.6. The molecule has 6 nitrogen and oxygen atoms in total. The lowest BCUT2D eigenvalue weighted by molar-refractivity contribution is -0.127. The molecule has 0 saturated carbocycles. The Morgan fingerprint density at radius 2 is 1.61 bits per heavy atom. The van der Waals surface area contributed by atoms with Crippen molar-refractivity contribution in [1.82, 2.24) is 15.5 Å². The second kappa shape index (κ2) is 12.2. The number of alkyl halides is 2. The van der Waals surface area contributed by atoms with E-state index in [1.165, 1.54) is 24.3 Å². The summed E-state index contributed by atoms with van der Waals surface area (Å²) in [6, 6.07) is 12.4. The number of halogens is 3. The molecule has 2 N–H and O–H groups in total. The van der Waals surface area contributed by atoms with Crippen molar-refractivity contribution in [3.63, 3.8) is 0 Å². The molecule has 0 unspecified atom stereocenters. The third-order valence-corrected chi connectivity index (χ3v) is 5.59. The molecule has 1 saturated heterocycles. The molecule has 0 spiro atoms. The average molecular weight is 464 g/mol. The van der Waals surface area contributed by atoms with Crippen LogP contribution in [0, 0.1) is 11.7 Å². The van der Waals surface area contributed by atoms with Gasteiger partial charge in [-0.15, -0.1) is 0 Å². The van der Waals surface area contributed by atoms with E-state index in [9.17, 15) is 22.8 Å². The van der Waals surface area contributed by atoms with E-state index in [0.29, 0.717) is 45.4 Å². The smallest absolute Gasteiger partial charge is 0.387 e. The monoisotopic (exact) mass is 463 g/mol. The van der Waals surface area contributed by atoms with Crippen LogP contribution in [0.4, 0.5) is 13.2 Å². The third-order valence-electron chi connectivity index (χ3n) is 5.59. The van der Waals surface area contributed by atoms with Crippen molar-refractivity contribution in [3.8, 4) is 5.75 Å². The number of benzene rings is 2. The van der Waals surface area contributed by atoms with Crippen LogP contribution in [-0.2, 0) is 22.6 Å². The summed E-state index contributed by atoms with van der Waals surface area (Å²) in [7, 11) is 0. The Kier molecular flexibility index (Phi) is 9.12. The molecule has 1 aliphatic rings. The first-order valence-electron chi connectivity index (χ1n) is 10.9. The molecule has 3 rings (SSSR count). The molecule has 178 valence electrons. The summed E-state index contributed by atoms with van der Waals surface area (Å²) in [5.41, 5.74) is 1.75. The van der Waals surface area contributed by atoms with E-state index in [4.69, 9.17) is 0 Å². The normalized spacial score (nSPS) is 14.8. The first-order valence-corrected chi connectivity index (χ1v) is 10.9. The van der Waals surface area contributed by atoms with Crippen molar-refractivity contribution >= 4 is 11.8 Å². The number of nitrogens with one attached hydrogen (secondary N) is 2. The van der Waals surface area contributed by atoms with E-state index in [1.807, 2.05) is 4.90 Å². The highest BCUT2D eigenvalue weighted by Gasteiger charge is 2.25. The molecular formula is C24H28F3N3O3. The van der Waals surface area contributed by atoms with Gasteiger partial charge in [-0.25, -0.2) is 4.39 Å². The number of likely N-dealkylation sites (tertiary alicyclic amines) is 1. The van der Waals surface area contributed by atoms with Crippen LogP contribution in [0.15, 0.2) is 48.5 Å². The van der Waals surface area contributed by atoms with E-state index >= 15 is 0 Å². The van der Waals surface area contributed by atoms with Crippen LogP contribution in [0.25, 0.3) is 0 Å². The lowest BCUT2D eigenvalue weighted by atomic mass is 9.96. The fourth-order valence-corrected chi connectivity index (χ4v) is 3.73. The third kappa shape index (κ3) is 8.42. The zero-order valence-electron chi connectivity index (χ0n) is 18.2. The molecule has 0 bridgehead atoms. The minimum Gasteiger partial charge on any atom is -0.435 e. The molecule has 2 aromatic carbocycles. The molecule has 9 heteroatoms. The molecule has 2 amide bonds. The number of carbonyl (C=O) groups excluding carboxylic acids is 2. The largest absolute Gasteiger partial charge is 0.435 e. The second-order valence-electron chi connectivity index (χ2n) is 8.02. The van der Waals surface area contributed by atoms with Crippen LogP contribution in [0.1, 0.15) is 24.0 Å². The predicted molar refractivity (Wildman–Crippen MR) is 117 cm³/mol. The van der Waals surface area contributed by atoms with Crippen LogP contribution in [-0.4, -0.2) is 49.5 Å². The van der Waals surface area contributed by atoms with Crippen LogP contribution >= 0.6 is 0 Å². The molecule has 33 heavy (non-hydrogen) atoms. The van der Waals surface area contributed by atoms with Crippen molar-refractivity contribution < 1.29 is 27.5 Å². The van der Waals surface area contributed by atoms with E-state index in [-0.39, 0.29) is 35.8 Å². The van der Waals surface area contributed by atoms with Gasteiger partial charge in [-0.1, -0.05) is 24.3 Å². The number of hydrogen-bond donors (Lipinski definition) is 2. The Hall–Kier alpha value is -3.07. The number of rotatable bonds is 10. The maximum Gasteiger partial charge on any atom is 0.387 e. The molecule has 0 aliphatic carbocycles. The average Bonchev–Trinajstić information content (AvgIpc) is 2.80. The Labute approximate surface area is 191 Å². The maximum absolute atomic E-state index is 13.0. The van der Waals surface area contributed by atoms with Gasteiger partial charge < -0.3 is 15.4 Å². The molecule has 0 aromatic heterocycles. The number of piperidine rings is 1. The summed E-state index contributed by atoms with van der Waals surface area (Å²) in [6.45, 7) is -0.456. The van der Waals surface area contributed by atoms with Crippen molar-refractivity contribution in [1.29, 1.82) is 0 Å². The van der Waals surface area contributed by atoms with Gasteiger partial charge in [0.05, 0.1) is 6.54 Å². The minimum absolute atomic E-state index is 0.0200. The lowest BCUT2D eigenvalue weighted by Gasteiger charge is -2.30. The molecule has 2 aromatic rings. The maximum atomic E-state index is 13.0. The van der Waals surface area contributed by atoms with Gasteiger partial charge in [0.15, 0.2) is 0 Å². The molecule has 0 atom stereocenters. The van der Waals surface area contributed by atoms with E-state index in [2.05, 4.69) is 15.4 Å². The zero-order valence-corrected chi connectivity index (χ0v) is 18.2. The van der Waals surface area contributed by atoms with Crippen molar-refractivity contribution in [2.24, 2.45) is 5.92 Å². The fourth-order valence-electron chi connectivity index (χ4n) is 3.73. The van der Waals surface area contributed by atoms with Gasteiger partial charge in [0.2, 0.25) is 11.8 Å². The van der Waals surface area contributed by atoms with Gasteiger partial charge in [0.1, 0.15) is 11.6 Å². The SMILES string of the molecule is O=C(CN1CCC(C(=O)NCc2ccc(F)cc2)CC1)NCCc1ccc(OC(F)F)cc1. The summed E-state index contributed by atoms with van der Waals surface area (Å²) in [6.07, 6.45) is 1.93. The first kappa shape index (κ1) is 24.6. The van der Waals surface area contributed by atoms with E-state index in [0.717, 1.165) is 11.1 Å². The highest BCUT2D eigenvalue weighted by atomic mass is 19.3. The summed E-state index contributed by atoms with van der Waals surface area (Å²) >= 11 is 0. The van der Waals surface area contributed by atoms with Gasteiger partial charge >= 0.3 is 6.61 Å². The Balaban J connectivity index is 1.30. The Bertz CT molecular complexity index is 899. The first-order chi connectivity index (χ1) is 15.9. The number of amides is 2. The minimum atomic E-state index is -2.85. The summed E-state index contributed by atoms with van der Waals surface area (Å²) in [5, 5.41) is 5.76. The summed E-state index contributed by atoms with van der Waals surface area (Å²) in [5.74, 6) is -0.412. The fraction of sp³-hybridized carbons (Fsp3) is 0.417. The van der Waals surface area contributed by atoms with Crippen molar-refractivity contribution in [2.75, 3.05) is 26.2 Å². The second-order valence-corrected chi connectivity index (χ2v) is 8.02. The van der Waals surface area contributed by atoms with Gasteiger partial charge in [-0.3, -0.25) is 14.5 Å². The van der Waals surface area contributed by atoms with Crippen molar-refractivity contribution in [2.45, 2.75) is 32.4 Å². The lowest BCUT2D eigenvalue weighted by Crippen LogP contribution is -2.44. The van der Waals surface area contributed by atoms with E-state index in [1.54, 1.807) is 24.3 Å². The van der Waals surface area contributed by atoms with Gasteiger partial charge in [-0.2, -0.15) is 8.78 Å². The Morgan fingerprint density at radius 3 is 2.24 bits per heavy atom. The highest BCUT2D eigenvalue weighted by molar-refractivity contribution is 5.79. The van der Waals surface area contributed by atoms with Crippen molar-refractivity contribution in [3.05, 3.63) is 65.5 Å². The number of hydrogen-bond acceptors (Lipinski definition) is 4. The molecule has 1 fully saturated rings. The highest BCUT2D eigenvalue weighted by Crippen LogP contribution is 2.18. The van der Waals surface area contributed by atoms with Gasteiger partial charge in [0, 0.05) is 19.0 Å². The van der Waals surface area contributed by atoms with Crippen LogP contribution in [0.3, 0.4) is 0 Å². The molecule has 0 radical (unpaired) electrons. The van der Waals surface area contributed by atoms with Gasteiger partial charge in [-0.05, 0) is 67.7 Å². The summed E-state index contributed by atoms with van der Waals surface area (Å²) < 4.78 is 41.6. The zero-order chi connectivity index (χ0) is 23.6. The number of carbonyl (C=O) groups is 2. The van der Waals surface area contributed by atoms with Crippen LogP contribution < -0.4 is 15.4 Å². The molecule has 1 heterocycles. The number of ether oxygens (including phenoxy) is 1. The standard InChI is InChI=1S/C24H28F3N3O3/c25-20-5-1-18(2-6-20)15-29-23(32)19-10-13-30(14-11-19)16-22(31)28-12-9-17-3-7-21(8-4-17)33-24(26)27/h1-8,19,24H,9-16H2,(H,28,31)(H,29,32). The predicted octanol–water partition coefficient (Wildman–Crippen LogP) is 3.11.